The van der Waals surface area contributed by atoms with Crippen LogP contribution in [0.1, 0.15) is 22.6 Å². The number of carbonyl (C=O) groups excluding carboxylic acids is 1. The summed E-state index contributed by atoms with van der Waals surface area (Å²) in [7, 11) is 0. The second-order valence-corrected chi connectivity index (χ2v) is 4.95. The molecule has 1 N–H and O–H groups in total. The van der Waals surface area contributed by atoms with Crippen LogP contribution in [0.4, 0.5) is 5.69 Å². The molecule has 1 unspecified atom stereocenters. The molecule has 21 heavy (non-hydrogen) atoms. The summed E-state index contributed by atoms with van der Waals surface area (Å²) in [6, 6.07) is 18.1. The Hall–Kier alpha value is -2.86. The fourth-order valence-corrected chi connectivity index (χ4v) is 2.66. The van der Waals surface area contributed by atoms with E-state index in [1.807, 2.05) is 48.5 Å². The molecule has 1 aliphatic heterocycles. The van der Waals surface area contributed by atoms with E-state index in [2.05, 4.69) is 11.4 Å². The van der Waals surface area contributed by atoms with Gasteiger partial charge in [0, 0.05) is 12.2 Å². The number of carbonyl (C=O) groups is 1. The van der Waals surface area contributed by atoms with Gasteiger partial charge in [0.2, 0.25) is 0 Å². The molecule has 1 aliphatic rings. The maximum Gasteiger partial charge on any atom is 0.143 e. The maximum atomic E-state index is 11.0. The summed E-state index contributed by atoms with van der Waals surface area (Å²) in [5.41, 5.74) is 4.86. The zero-order valence-corrected chi connectivity index (χ0v) is 11.4. The Morgan fingerprint density at radius 3 is 2.71 bits per heavy atom. The van der Waals surface area contributed by atoms with Crippen LogP contribution in [-0.4, -0.2) is 12.8 Å². The van der Waals surface area contributed by atoms with E-state index in [1.165, 1.54) is 0 Å². The zero-order chi connectivity index (χ0) is 14.7. The molecule has 102 valence electrons. The van der Waals surface area contributed by atoms with Crippen molar-refractivity contribution in [2.45, 2.75) is 5.92 Å². The van der Waals surface area contributed by atoms with Gasteiger partial charge in [-0.15, -0.1) is 0 Å². The van der Waals surface area contributed by atoms with E-state index in [0.29, 0.717) is 6.54 Å². The molecule has 0 amide bonds. The molecule has 0 spiro atoms. The highest BCUT2D eigenvalue weighted by atomic mass is 16.1. The Kier molecular flexibility index (Phi) is 3.53. The lowest BCUT2D eigenvalue weighted by Crippen LogP contribution is -1.97. The summed E-state index contributed by atoms with van der Waals surface area (Å²) in [4.78, 5) is 11.0. The first-order valence-corrected chi connectivity index (χ1v) is 6.82. The van der Waals surface area contributed by atoms with E-state index in [0.717, 1.165) is 34.2 Å². The Morgan fingerprint density at radius 1 is 1.19 bits per heavy atom. The van der Waals surface area contributed by atoms with Crippen LogP contribution < -0.4 is 5.32 Å². The fraction of sp³-hybridized carbons (Fsp3) is 0.111. The third-order valence-electron chi connectivity index (χ3n) is 3.71. The predicted molar refractivity (Wildman–Crippen MR) is 82.9 cm³/mol. The summed E-state index contributed by atoms with van der Waals surface area (Å²) < 4.78 is 0. The summed E-state index contributed by atoms with van der Waals surface area (Å²) in [6.45, 7) is 0.646. The van der Waals surface area contributed by atoms with E-state index in [4.69, 9.17) is 5.26 Å². The number of hydrogen-bond acceptors (Lipinski definition) is 3. The number of rotatable bonds is 3. The van der Waals surface area contributed by atoms with Crippen LogP contribution in [0.5, 0.6) is 0 Å². The van der Waals surface area contributed by atoms with Crippen molar-refractivity contribution >= 4 is 17.5 Å². The molecule has 0 fully saturated rings. The molecule has 2 aromatic rings. The lowest BCUT2D eigenvalue weighted by atomic mass is 9.94. The molecular formula is C18H14N2O. The summed E-state index contributed by atoms with van der Waals surface area (Å²) in [5, 5.41) is 12.4. The minimum Gasteiger partial charge on any atom is -0.383 e. The van der Waals surface area contributed by atoms with Gasteiger partial charge in [0.15, 0.2) is 0 Å². The van der Waals surface area contributed by atoms with Crippen molar-refractivity contribution in [1.82, 2.24) is 0 Å². The fourth-order valence-electron chi connectivity index (χ4n) is 2.66. The second kappa shape index (κ2) is 5.64. The van der Waals surface area contributed by atoms with Crippen molar-refractivity contribution in [2.75, 3.05) is 11.9 Å². The molecule has 3 heteroatoms. The molecule has 0 saturated heterocycles. The van der Waals surface area contributed by atoms with Gasteiger partial charge < -0.3 is 5.32 Å². The second-order valence-electron chi connectivity index (χ2n) is 4.95. The molecular weight excluding hydrogens is 260 g/mol. The Morgan fingerprint density at radius 2 is 2.00 bits per heavy atom. The first-order chi connectivity index (χ1) is 10.3. The van der Waals surface area contributed by atoms with Gasteiger partial charge in [0.05, 0.1) is 12.0 Å². The standard InChI is InChI=1S/C18H14N2O/c19-11-15-12-20-18-10-14(6-7-17(15)18)16(8-9-21)13-4-2-1-3-5-13/h1-10,15,20H,12H2/b16-8+. The molecule has 1 atom stereocenters. The Labute approximate surface area is 123 Å². The molecule has 3 nitrogen and oxygen atoms in total. The molecule has 0 saturated carbocycles. The van der Waals surface area contributed by atoms with Crippen LogP contribution in [0.2, 0.25) is 0 Å². The van der Waals surface area contributed by atoms with Gasteiger partial charge in [-0.1, -0.05) is 42.5 Å². The number of hydrogen-bond donors (Lipinski definition) is 1. The van der Waals surface area contributed by atoms with Crippen molar-refractivity contribution in [3.05, 3.63) is 71.3 Å². The van der Waals surface area contributed by atoms with E-state index in [9.17, 15) is 4.79 Å². The highest BCUT2D eigenvalue weighted by molar-refractivity contribution is 5.90. The van der Waals surface area contributed by atoms with Gasteiger partial charge in [0.25, 0.3) is 0 Å². The van der Waals surface area contributed by atoms with Gasteiger partial charge in [-0.05, 0) is 34.4 Å². The zero-order valence-electron chi connectivity index (χ0n) is 11.4. The minimum absolute atomic E-state index is 0.0933. The molecule has 1 heterocycles. The summed E-state index contributed by atoms with van der Waals surface area (Å²) >= 11 is 0. The first kappa shape index (κ1) is 13.1. The van der Waals surface area contributed by atoms with Crippen LogP contribution in [0.3, 0.4) is 0 Å². The Bertz CT molecular complexity index is 742. The Balaban J connectivity index is 2.05. The summed E-state index contributed by atoms with van der Waals surface area (Å²) in [6.07, 6.45) is 2.38. The van der Waals surface area contributed by atoms with Crippen LogP contribution in [0.15, 0.2) is 54.6 Å². The van der Waals surface area contributed by atoms with Gasteiger partial charge in [-0.25, -0.2) is 0 Å². The third-order valence-corrected chi connectivity index (χ3v) is 3.71. The molecule has 0 bridgehead atoms. The van der Waals surface area contributed by atoms with Crippen molar-refractivity contribution in [3.8, 4) is 6.07 Å². The molecule has 0 radical (unpaired) electrons. The van der Waals surface area contributed by atoms with Crippen LogP contribution in [0.25, 0.3) is 5.57 Å². The molecule has 2 aromatic carbocycles. The largest absolute Gasteiger partial charge is 0.383 e. The first-order valence-electron chi connectivity index (χ1n) is 6.82. The topological polar surface area (TPSA) is 52.9 Å². The number of anilines is 1. The SMILES string of the molecule is N#CC1CNc2cc(/C(=C/C=O)c3ccccc3)ccc21. The number of nitriles is 1. The van der Waals surface area contributed by atoms with Crippen molar-refractivity contribution in [2.24, 2.45) is 0 Å². The molecule has 0 aromatic heterocycles. The van der Waals surface area contributed by atoms with E-state index in [1.54, 1.807) is 6.08 Å². The van der Waals surface area contributed by atoms with Crippen molar-refractivity contribution < 1.29 is 4.79 Å². The number of benzene rings is 2. The van der Waals surface area contributed by atoms with Crippen molar-refractivity contribution in [1.29, 1.82) is 5.26 Å². The monoisotopic (exact) mass is 274 g/mol. The maximum absolute atomic E-state index is 11.0. The quantitative estimate of drug-likeness (QED) is 0.689. The highest BCUT2D eigenvalue weighted by Gasteiger charge is 2.22. The highest BCUT2D eigenvalue weighted by Crippen LogP contribution is 2.34. The number of allylic oxidation sites excluding steroid dienone is 1. The lowest BCUT2D eigenvalue weighted by molar-refractivity contribution is -0.104. The smallest absolute Gasteiger partial charge is 0.143 e. The van der Waals surface area contributed by atoms with E-state index >= 15 is 0 Å². The van der Waals surface area contributed by atoms with Gasteiger partial charge >= 0.3 is 0 Å². The minimum atomic E-state index is -0.0933. The van der Waals surface area contributed by atoms with Crippen molar-refractivity contribution in [3.63, 3.8) is 0 Å². The number of fused-ring (bicyclic) bond motifs is 1. The average Bonchev–Trinajstić information content (AvgIpc) is 2.95. The van der Waals surface area contributed by atoms with E-state index < -0.39 is 0 Å². The number of nitrogens with zero attached hydrogens (tertiary/aromatic N) is 1. The third kappa shape index (κ3) is 2.44. The number of nitrogens with one attached hydrogen (secondary N) is 1. The van der Waals surface area contributed by atoms with Crippen LogP contribution in [-0.2, 0) is 4.79 Å². The van der Waals surface area contributed by atoms with Gasteiger partial charge in [0.1, 0.15) is 6.29 Å². The summed E-state index contributed by atoms with van der Waals surface area (Å²) in [5.74, 6) is -0.0933. The van der Waals surface area contributed by atoms with Gasteiger partial charge in [-0.3, -0.25) is 4.79 Å². The number of aldehydes is 1. The normalized spacial score (nSPS) is 16.7. The lowest BCUT2D eigenvalue weighted by Gasteiger charge is -2.10. The van der Waals surface area contributed by atoms with Crippen LogP contribution in [0, 0.1) is 11.3 Å². The van der Waals surface area contributed by atoms with Gasteiger partial charge in [-0.2, -0.15) is 5.26 Å². The molecule has 0 aliphatic carbocycles. The average molecular weight is 274 g/mol. The van der Waals surface area contributed by atoms with E-state index in [-0.39, 0.29) is 5.92 Å². The van der Waals surface area contributed by atoms with Crippen LogP contribution >= 0.6 is 0 Å². The predicted octanol–water partition coefficient (Wildman–Crippen LogP) is 3.35. The molecule has 3 rings (SSSR count).